The minimum absolute atomic E-state index is 0.446. The van der Waals surface area contributed by atoms with Crippen molar-refractivity contribution in [3.8, 4) is 16.3 Å². The number of thiazole rings is 1. The van der Waals surface area contributed by atoms with Crippen LogP contribution >= 0.6 is 11.3 Å². The van der Waals surface area contributed by atoms with Gasteiger partial charge in [0.25, 0.3) is 0 Å². The molecule has 2 rings (SSSR count). The Morgan fingerprint density at radius 3 is 2.44 bits per heavy atom. The highest BCUT2D eigenvalue weighted by atomic mass is 32.1. The molecule has 3 heteroatoms. The Hall–Kier alpha value is -1.35. The third kappa shape index (κ3) is 2.41. The fraction of sp³-hybridized carbons (Fsp3) is 0.400. The summed E-state index contributed by atoms with van der Waals surface area (Å²) < 4.78 is 5.41. The Morgan fingerprint density at radius 1 is 1.22 bits per heavy atom. The van der Waals surface area contributed by atoms with Crippen LogP contribution < -0.4 is 4.74 Å². The predicted molar refractivity (Wildman–Crippen MR) is 77.7 cm³/mol. The van der Waals surface area contributed by atoms with E-state index in [0.717, 1.165) is 16.5 Å². The van der Waals surface area contributed by atoms with Crippen LogP contribution in [0.5, 0.6) is 5.75 Å². The Balaban J connectivity index is 2.49. The molecule has 0 amide bonds. The summed E-state index contributed by atoms with van der Waals surface area (Å²) in [5.74, 6) is 1.40. The van der Waals surface area contributed by atoms with Crippen molar-refractivity contribution in [1.29, 1.82) is 0 Å². The molecule has 2 aromatic rings. The van der Waals surface area contributed by atoms with E-state index >= 15 is 0 Å². The lowest BCUT2D eigenvalue weighted by Gasteiger charge is -2.12. The first-order valence-corrected chi connectivity index (χ1v) is 6.97. The molecule has 0 bridgehead atoms. The van der Waals surface area contributed by atoms with Crippen LogP contribution in [0.1, 0.15) is 35.9 Å². The second-order valence-electron chi connectivity index (χ2n) is 4.77. The van der Waals surface area contributed by atoms with Gasteiger partial charge in [0.1, 0.15) is 10.8 Å². The summed E-state index contributed by atoms with van der Waals surface area (Å²) in [6, 6.07) is 6.32. The van der Waals surface area contributed by atoms with Crippen LogP contribution in [0.15, 0.2) is 18.2 Å². The Labute approximate surface area is 113 Å². The van der Waals surface area contributed by atoms with Crippen molar-refractivity contribution in [3.05, 3.63) is 34.3 Å². The SMILES string of the molecule is COc1ccc(-c2nc(C)c(C)s2)cc1C(C)C. The molecule has 96 valence electrons. The molecule has 0 radical (unpaired) electrons. The maximum Gasteiger partial charge on any atom is 0.123 e. The standard InChI is InChI=1S/C15H19NOS/c1-9(2)13-8-12(6-7-14(13)17-5)15-16-10(3)11(4)18-15/h6-9H,1-5H3. The van der Waals surface area contributed by atoms with E-state index in [1.165, 1.54) is 16.0 Å². The summed E-state index contributed by atoms with van der Waals surface area (Å²) in [5, 5.41) is 1.09. The van der Waals surface area contributed by atoms with Crippen LogP contribution in [0.3, 0.4) is 0 Å². The number of hydrogen-bond acceptors (Lipinski definition) is 3. The van der Waals surface area contributed by atoms with Gasteiger partial charge in [0.2, 0.25) is 0 Å². The van der Waals surface area contributed by atoms with Gasteiger partial charge in [-0.25, -0.2) is 4.98 Å². The molecular weight excluding hydrogens is 242 g/mol. The van der Waals surface area contributed by atoms with Crippen molar-refractivity contribution in [2.75, 3.05) is 7.11 Å². The third-order valence-corrected chi connectivity index (χ3v) is 4.25. The number of methoxy groups -OCH3 is 1. The minimum Gasteiger partial charge on any atom is -0.496 e. The fourth-order valence-electron chi connectivity index (χ4n) is 1.91. The lowest BCUT2D eigenvalue weighted by Crippen LogP contribution is -1.94. The highest BCUT2D eigenvalue weighted by Gasteiger charge is 2.12. The Bertz CT molecular complexity index is 538. The summed E-state index contributed by atoms with van der Waals surface area (Å²) in [5.41, 5.74) is 3.54. The normalized spacial score (nSPS) is 11.0. The molecular formula is C15H19NOS. The van der Waals surface area contributed by atoms with Gasteiger partial charge in [-0.2, -0.15) is 0 Å². The van der Waals surface area contributed by atoms with Gasteiger partial charge in [0.15, 0.2) is 0 Å². The Morgan fingerprint density at radius 2 is 1.94 bits per heavy atom. The summed E-state index contributed by atoms with van der Waals surface area (Å²) in [4.78, 5) is 5.90. The molecule has 1 heterocycles. The molecule has 0 aliphatic heterocycles. The highest BCUT2D eigenvalue weighted by molar-refractivity contribution is 7.15. The molecule has 0 saturated carbocycles. The zero-order chi connectivity index (χ0) is 13.3. The van der Waals surface area contributed by atoms with E-state index in [1.54, 1.807) is 18.4 Å². The lowest BCUT2D eigenvalue weighted by atomic mass is 10.00. The number of benzene rings is 1. The van der Waals surface area contributed by atoms with E-state index in [-0.39, 0.29) is 0 Å². The van der Waals surface area contributed by atoms with E-state index in [9.17, 15) is 0 Å². The van der Waals surface area contributed by atoms with E-state index in [1.807, 2.05) is 6.07 Å². The van der Waals surface area contributed by atoms with Crippen molar-refractivity contribution >= 4 is 11.3 Å². The minimum atomic E-state index is 0.446. The summed E-state index contributed by atoms with van der Waals surface area (Å²) >= 11 is 1.75. The van der Waals surface area contributed by atoms with Crippen molar-refractivity contribution in [2.45, 2.75) is 33.6 Å². The van der Waals surface area contributed by atoms with Gasteiger partial charge in [0.05, 0.1) is 12.8 Å². The molecule has 0 unspecified atom stereocenters. The van der Waals surface area contributed by atoms with Crippen molar-refractivity contribution in [1.82, 2.24) is 4.98 Å². The van der Waals surface area contributed by atoms with Crippen molar-refractivity contribution in [3.63, 3.8) is 0 Å². The molecule has 0 fully saturated rings. The van der Waals surface area contributed by atoms with Crippen LogP contribution in [0, 0.1) is 13.8 Å². The number of nitrogens with zero attached hydrogens (tertiary/aromatic N) is 1. The molecule has 1 aromatic carbocycles. The number of rotatable bonds is 3. The molecule has 0 saturated heterocycles. The molecule has 0 atom stereocenters. The fourth-order valence-corrected chi connectivity index (χ4v) is 2.83. The zero-order valence-corrected chi connectivity index (χ0v) is 12.4. The van der Waals surface area contributed by atoms with Gasteiger partial charge in [-0.3, -0.25) is 0 Å². The predicted octanol–water partition coefficient (Wildman–Crippen LogP) is 4.56. The van der Waals surface area contributed by atoms with E-state index in [4.69, 9.17) is 4.74 Å². The maximum atomic E-state index is 5.41. The van der Waals surface area contributed by atoms with E-state index in [0.29, 0.717) is 5.92 Å². The monoisotopic (exact) mass is 261 g/mol. The third-order valence-electron chi connectivity index (χ3n) is 3.13. The first kappa shape index (κ1) is 13.1. The van der Waals surface area contributed by atoms with Gasteiger partial charge in [0, 0.05) is 10.4 Å². The quantitative estimate of drug-likeness (QED) is 0.808. The van der Waals surface area contributed by atoms with E-state index < -0.39 is 0 Å². The van der Waals surface area contributed by atoms with Gasteiger partial charge < -0.3 is 4.74 Å². The first-order chi connectivity index (χ1) is 8.52. The van der Waals surface area contributed by atoms with Gasteiger partial charge >= 0.3 is 0 Å². The summed E-state index contributed by atoms with van der Waals surface area (Å²) in [6.07, 6.45) is 0. The van der Waals surface area contributed by atoms with E-state index in [2.05, 4.69) is 44.8 Å². The van der Waals surface area contributed by atoms with Crippen LogP contribution in [0.2, 0.25) is 0 Å². The van der Waals surface area contributed by atoms with Crippen LogP contribution in [-0.4, -0.2) is 12.1 Å². The molecule has 0 spiro atoms. The average Bonchev–Trinajstić information content (AvgIpc) is 2.68. The largest absolute Gasteiger partial charge is 0.496 e. The molecule has 0 aliphatic rings. The van der Waals surface area contributed by atoms with Gasteiger partial charge in [-0.05, 0) is 43.5 Å². The zero-order valence-electron chi connectivity index (χ0n) is 11.6. The lowest BCUT2D eigenvalue weighted by molar-refractivity contribution is 0.407. The van der Waals surface area contributed by atoms with Crippen molar-refractivity contribution < 1.29 is 4.74 Å². The smallest absolute Gasteiger partial charge is 0.123 e. The second-order valence-corrected chi connectivity index (χ2v) is 5.98. The first-order valence-electron chi connectivity index (χ1n) is 6.15. The highest BCUT2D eigenvalue weighted by Crippen LogP contribution is 2.33. The number of ether oxygens (including phenoxy) is 1. The topological polar surface area (TPSA) is 22.1 Å². The average molecular weight is 261 g/mol. The molecule has 0 aliphatic carbocycles. The maximum absolute atomic E-state index is 5.41. The molecule has 0 N–H and O–H groups in total. The van der Waals surface area contributed by atoms with Crippen LogP contribution in [0.25, 0.3) is 10.6 Å². The van der Waals surface area contributed by atoms with Crippen molar-refractivity contribution in [2.24, 2.45) is 0 Å². The Kier molecular flexibility index (Phi) is 3.71. The molecule has 18 heavy (non-hydrogen) atoms. The number of aromatic nitrogens is 1. The number of hydrogen-bond donors (Lipinski definition) is 0. The van der Waals surface area contributed by atoms with Crippen LogP contribution in [0.4, 0.5) is 0 Å². The summed E-state index contributed by atoms with van der Waals surface area (Å²) in [7, 11) is 1.72. The summed E-state index contributed by atoms with van der Waals surface area (Å²) in [6.45, 7) is 8.53. The van der Waals surface area contributed by atoms with Crippen LogP contribution in [-0.2, 0) is 0 Å². The van der Waals surface area contributed by atoms with Gasteiger partial charge in [-0.15, -0.1) is 11.3 Å². The van der Waals surface area contributed by atoms with Gasteiger partial charge in [-0.1, -0.05) is 13.8 Å². The molecule has 2 nitrogen and oxygen atoms in total. The number of aryl methyl sites for hydroxylation is 2. The second kappa shape index (κ2) is 5.11. The molecule has 1 aromatic heterocycles.